The van der Waals surface area contributed by atoms with Crippen LogP contribution in [0, 0.1) is 6.92 Å². The zero-order valence-corrected chi connectivity index (χ0v) is 12.5. The van der Waals surface area contributed by atoms with Crippen molar-refractivity contribution in [3.05, 3.63) is 28.2 Å². The molecule has 1 aromatic carbocycles. The maximum absolute atomic E-state index is 12.1. The monoisotopic (exact) mass is 333 g/mol. The summed E-state index contributed by atoms with van der Waals surface area (Å²) in [6.45, 7) is 1.83. The Labute approximate surface area is 116 Å². The largest absolute Gasteiger partial charge is 0.389 e. The molecule has 0 radical (unpaired) electrons. The van der Waals surface area contributed by atoms with Gasteiger partial charge in [0.1, 0.15) is 0 Å². The summed E-state index contributed by atoms with van der Waals surface area (Å²) < 4.78 is 27.5. The van der Waals surface area contributed by atoms with Gasteiger partial charge in [-0.1, -0.05) is 22.0 Å². The summed E-state index contributed by atoms with van der Waals surface area (Å²) in [4.78, 5) is 0.250. The minimum atomic E-state index is -3.56. The van der Waals surface area contributed by atoms with E-state index in [2.05, 4.69) is 20.7 Å². The summed E-state index contributed by atoms with van der Waals surface area (Å²) in [5.74, 6) is 0. The van der Waals surface area contributed by atoms with E-state index < -0.39 is 15.6 Å². The van der Waals surface area contributed by atoms with Crippen molar-refractivity contribution in [1.82, 2.24) is 4.72 Å². The Balaban J connectivity index is 2.17. The van der Waals surface area contributed by atoms with Gasteiger partial charge in [0.15, 0.2) is 0 Å². The summed E-state index contributed by atoms with van der Waals surface area (Å²) in [6.07, 6.45) is 2.27. The predicted octanol–water partition coefficient (Wildman–Crippen LogP) is 1.95. The standard InChI is InChI=1S/C12H16BrNO3S/c1-9-3-4-10(13)7-11(9)18(16,17)14-8-12(15)5-2-6-12/h3-4,7,14-15H,2,5-6,8H2,1H3. The van der Waals surface area contributed by atoms with Gasteiger partial charge in [-0.25, -0.2) is 13.1 Å². The normalized spacial score (nSPS) is 18.4. The molecule has 1 aliphatic carbocycles. The zero-order chi connectivity index (χ0) is 13.4. The molecule has 2 rings (SSSR count). The highest BCUT2D eigenvalue weighted by Gasteiger charge is 2.35. The average Bonchev–Trinajstić information content (AvgIpc) is 2.27. The highest BCUT2D eigenvalue weighted by molar-refractivity contribution is 9.10. The van der Waals surface area contributed by atoms with Crippen LogP contribution in [-0.4, -0.2) is 25.7 Å². The maximum Gasteiger partial charge on any atom is 0.240 e. The summed E-state index contributed by atoms with van der Waals surface area (Å²) in [7, 11) is -3.56. The van der Waals surface area contributed by atoms with Gasteiger partial charge in [0.05, 0.1) is 10.5 Å². The Kier molecular flexibility index (Phi) is 3.82. The fraction of sp³-hybridized carbons (Fsp3) is 0.500. The molecule has 100 valence electrons. The van der Waals surface area contributed by atoms with E-state index in [4.69, 9.17) is 0 Å². The van der Waals surface area contributed by atoms with Gasteiger partial charge in [0.2, 0.25) is 10.0 Å². The van der Waals surface area contributed by atoms with Gasteiger partial charge in [0.25, 0.3) is 0 Å². The van der Waals surface area contributed by atoms with Crippen LogP contribution in [0.2, 0.25) is 0 Å². The summed E-state index contributed by atoms with van der Waals surface area (Å²) in [5, 5.41) is 9.91. The van der Waals surface area contributed by atoms with Crippen LogP contribution in [0.15, 0.2) is 27.6 Å². The number of rotatable bonds is 4. The summed E-state index contributed by atoms with van der Waals surface area (Å²) >= 11 is 3.26. The predicted molar refractivity (Wildman–Crippen MR) is 72.9 cm³/mol. The molecule has 0 bridgehead atoms. The molecule has 0 saturated heterocycles. The third-order valence-corrected chi connectivity index (χ3v) is 5.35. The van der Waals surface area contributed by atoms with Crippen molar-refractivity contribution in [2.24, 2.45) is 0 Å². The number of aliphatic hydroxyl groups is 1. The third-order valence-electron chi connectivity index (χ3n) is 3.32. The number of benzene rings is 1. The molecule has 2 N–H and O–H groups in total. The molecule has 0 amide bonds. The van der Waals surface area contributed by atoms with Crippen molar-refractivity contribution in [1.29, 1.82) is 0 Å². The number of aryl methyl sites for hydroxylation is 1. The molecule has 1 aliphatic rings. The van der Waals surface area contributed by atoms with Crippen LogP contribution in [0.1, 0.15) is 24.8 Å². The van der Waals surface area contributed by atoms with E-state index >= 15 is 0 Å². The van der Waals surface area contributed by atoms with Crippen LogP contribution in [0.3, 0.4) is 0 Å². The van der Waals surface area contributed by atoms with Crippen LogP contribution in [0.25, 0.3) is 0 Å². The van der Waals surface area contributed by atoms with Crippen molar-refractivity contribution in [3.8, 4) is 0 Å². The van der Waals surface area contributed by atoms with Crippen LogP contribution < -0.4 is 4.72 Å². The molecule has 18 heavy (non-hydrogen) atoms. The van der Waals surface area contributed by atoms with E-state index in [9.17, 15) is 13.5 Å². The van der Waals surface area contributed by atoms with E-state index in [0.29, 0.717) is 18.4 Å². The fourth-order valence-corrected chi connectivity index (χ4v) is 3.83. The van der Waals surface area contributed by atoms with E-state index in [0.717, 1.165) is 10.9 Å². The first-order valence-corrected chi connectivity index (χ1v) is 8.08. The van der Waals surface area contributed by atoms with Crippen molar-refractivity contribution >= 4 is 26.0 Å². The molecule has 1 aromatic rings. The summed E-state index contributed by atoms with van der Waals surface area (Å²) in [5.41, 5.74) is -0.168. The Morgan fingerprint density at radius 3 is 2.67 bits per heavy atom. The Morgan fingerprint density at radius 1 is 1.44 bits per heavy atom. The lowest BCUT2D eigenvalue weighted by atomic mass is 9.81. The molecule has 0 unspecified atom stereocenters. The van der Waals surface area contributed by atoms with Crippen LogP contribution in [-0.2, 0) is 10.0 Å². The molecule has 0 heterocycles. The van der Waals surface area contributed by atoms with Gasteiger partial charge in [-0.2, -0.15) is 0 Å². The molecule has 6 heteroatoms. The number of nitrogens with one attached hydrogen (secondary N) is 1. The zero-order valence-electron chi connectivity index (χ0n) is 10.1. The molecule has 1 saturated carbocycles. The SMILES string of the molecule is Cc1ccc(Br)cc1S(=O)(=O)NCC1(O)CCC1. The van der Waals surface area contributed by atoms with E-state index in [1.54, 1.807) is 25.1 Å². The Bertz CT molecular complexity index is 552. The van der Waals surface area contributed by atoms with Gasteiger partial charge in [0, 0.05) is 11.0 Å². The first-order chi connectivity index (χ1) is 8.32. The van der Waals surface area contributed by atoms with E-state index in [-0.39, 0.29) is 11.4 Å². The van der Waals surface area contributed by atoms with Crippen LogP contribution in [0.5, 0.6) is 0 Å². The average molecular weight is 334 g/mol. The van der Waals surface area contributed by atoms with Crippen molar-refractivity contribution in [3.63, 3.8) is 0 Å². The van der Waals surface area contributed by atoms with Gasteiger partial charge >= 0.3 is 0 Å². The first-order valence-electron chi connectivity index (χ1n) is 5.81. The summed E-state index contributed by atoms with van der Waals surface area (Å²) in [6, 6.07) is 5.12. The lowest BCUT2D eigenvalue weighted by Crippen LogP contribution is -2.47. The second kappa shape index (κ2) is 4.92. The number of hydrogen-bond donors (Lipinski definition) is 2. The smallest absolute Gasteiger partial charge is 0.240 e. The fourth-order valence-electron chi connectivity index (χ4n) is 1.93. The van der Waals surface area contributed by atoms with Crippen molar-refractivity contribution in [2.45, 2.75) is 36.7 Å². The Morgan fingerprint density at radius 2 is 2.11 bits per heavy atom. The second-order valence-corrected chi connectivity index (χ2v) is 7.46. The highest BCUT2D eigenvalue weighted by atomic mass is 79.9. The minimum Gasteiger partial charge on any atom is -0.389 e. The number of sulfonamides is 1. The van der Waals surface area contributed by atoms with Gasteiger partial charge in [-0.15, -0.1) is 0 Å². The van der Waals surface area contributed by atoms with Gasteiger partial charge < -0.3 is 5.11 Å². The number of halogens is 1. The van der Waals surface area contributed by atoms with Crippen molar-refractivity contribution in [2.75, 3.05) is 6.54 Å². The van der Waals surface area contributed by atoms with Crippen LogP contribution >= 0.6 is 15.9 Å². The molecule has 4 nitrogen and oxygen atoms in total. The topological polar surface area (TPSA) is 66.4 Å². The Hall–Kier alpha value is -0.430. The first kappa shape index (κ1) is 14.0. The molecule has 0 aliphatic heterocycles. The van der Waals surface area contributed by atoms with Crippen molar-refractivity contribution < 1.29 is 13.5 Å². The molecule has 0 aromatic heterocycles. The molecule has 1 fully saturated rings. The van der Waals surface area contributed by atoms with E-state index in [1.165, 1.54) is 0 Å². The minimum absolute atomic E-state index is 0.0846. The molecular formula is C12H16BrNO3S. The second-order valence-electron chi connectivity index (χ2n) is 4.81. The molecular weight excluding hydrogens is 318 g/mol. The highest BCUT2D eigenvalue weighted by Crippen LogP contribution is 2.31. The van der Waals surface area contributed by atoms with Gasteiger partial charge in [-0.3, -0.25) is 0 Å². The third kappa shape index (κ3) is 2.93. The number of hydrogen-bond acceptors (Lipinski definition) is 3. The lowest BCUT2D eigenvalue weighted by Gasteiger charge is -2.36. The van der Waals surface area contributed by atoms with Gasteiger partial charge in [-0.05, 0) is 43.9 Å². The van der Waals surface area contributed by atoms with E-state index in [1.807, 2.05) is 0 Å². The lowest BCUT2D eigenvalue weighted by molar-refractivity contribution is -0.0270. The molecule has 0 atom stereocenters. The van der Waals surface area contributed by atoms with Crippen LogP contribution in [0.4, 0.5) is 0 Å². The maximum atomic E-state index is 12.1. The quantitative estimate of drug-likeness (QED) is 0.884. The molecule has 0 spiro atoms.